The van der Waals surface area contributed by atoms with Gasteiger partial charge in [0.2, 0.25) is 5.92 Å². The normalized spacial score (nSPS) is 41.6. The number of hydrogen-bond acceptors (Lipinski definition) is 1. The molecule has 2 rings (SSSR count). The average molecular weight is 212 g/mol. The van der Waals surface area contributed by atoms with Gasteiger partial charge in [-0.15, -0.1) is 0 Å². The van der Waals surface area contributed by atoms with E-state index in [1.807, 2.05) is 0 Å². The Morgan fingerprint density at radius 3 is 2.29 bits per heavy atom. The van der Waals surface area contributed by atoms with Gasteiger partial charge in [0.05, 0.1) is 12.7 Å². The van der Waals surface area contributed by atoms with Gasteiger partial charge in [0, 0.05) is 19.3 Å². The van der Waals surface area contributed by atoms with Crippen molar-refractivity contribution in [2.75, 3.05) is 6.61 Å². The van der Waals surface area contributed by atoms with Crippen LogP contribution in [-0.2, 0) is 4.74 Å². The number of halogens is 4. The summed E-state index contributed by atoms with van der Waals surface area (Å²) in [7, 11) is 0. The van der Waals surface area contributed by atoms with Crippen LogP contribution < -0.4 is 0 Å². The minimum Gasteiger partial charge on any atom is -0.375 e. The van der Waals surface area contributed by atoms with Gasteiger partial charge < -0.3 is 4.74 Å². The molecule has 0 aromatic heterocycles. The molecule has 2 fully saturated rings. The molecule has 5 heteroatoms. The highest BCUT2D eigenvalue weighted by Gasteiger charge is 2.47. The second-order valence-electron chi connectivity index (χ2n) is 4.20. The zero-order valence-electron chi connectivity index (χ0n) is 7.56. The number of hydrogen-bond donors (Lipinski definition) is 0. The molecule has 2 aliphatic carbocycles. The Hall–Kier alpha value is -0.320. The highest BCUT2D eigenvalue weighted by molar-refractivity contribution is 4.92. The molecular formula is C9H12F4O. The molecule has 0 N–H and O–H groups in total. The van der Waals surface area contributed by atoms with Gasteiger partial charge in [-0.2, -0.15) is 0 Å². The number of alkyl halides is 4. The fourth-order valence-corrected chi connectivity index (χ4v) is 1.84. The summed E-state index contributed by atoms with van der Waals surface area (Å²) in [5.41, 5.74) is 0. The van der Waals surface area contributed by atoms with Crippen LogP contribution in [0.2, 0.25) is 0 Å². The van der Waals surface area contributed by atoms with Crippen molar-refractivity contribution >= 4 is 0 Å². The molecule has 0 spiro atoms. The maximum absolute atomic E-state index is 12.7. The molecule has 0 aromatic rings. The molecule has 0 aliphatic heterocycles. The lowest BCUT2D eigenvalue weighted by molar-refractivity contribution is -0.162. The fourth-order valence-electron chi connectivity index (χ4n) is 1.84. The van der Waals surface area contributed by atoms with Gasteiger partial charge >= 0.3 is 0 Å². The van der Waals surface area contributed by atoms with E-state index in [0.717, 1.165) is 0 Å². The Kier molecular flexibility index (Phi) is 2.45. The lowest BCUT2D eigenvalue weighted by atomic mass is 9.82. The molecule has 0 radical (unpaired) electrons. The first-order valence-corrected chi connectivity index (χ1v) is 4.75. The Balaban J connectivity index is 1.61. The van der Waals surface area contributed by atoms with Crippen LogP contribution in [0.25, 0.3) is 0 Å². The van der Waals surface area contributed by atoms with Gasteiger partial charge in [-0.25, -0.2) is 17.6 Å². The maximum atomic E-state index is 12.7. The summed E-state index contributed by atoms with van der Waals surface area (Å²) in [6.07, 6.45) is -4.01. The lowest BCUT2D eigenvalue weighted by Gasteiger charge is -2.39. The van der Waals surface area contributed by atoms with Crippen LogP contribution in [0.5, 0.6) is 0 Å². The van der Waals surface area contributed by atoms with Crippen molar-refractivity contribution in [2.24, 2.45) is 5.92 Å². The molecule has 0 saturated heterocycles. The monoisotopic (exact) mass is 212 g/mol. The molecule has 1 nitrogen and oxygen atoms in total. The van der Waals surface area contributed by atoms with Gasteiger partial charge in [-0.1, -0.05) is 0 Å². The minimum atomic E-state index is -2.56. The Morgan fingerprint density at radius 1 is 1.21 bits per heavy atom. The van der Waals surface area contributed by atoms with Crippen molar-refractivity contribution in [2.45, 2.75) is 43.6 Å². The molecule has 14 heavy (non-hydrogen) atoms. The smallest absolute Gasteiger partial charge is 0.248 e. The summed E-state index contributed by atoms with van der Waals surface area (Å²) in [5.74, 6) is -2.75. The fraction of sp³-hybridized carbons (Fsp3) is 1.00. The van der Waals surface area contributed by atoms with Gasteiger partial charge in [0.1, 0.15) is 6.17 Å². The van der Waals surface area contributed by atoms with Crippen LogP contribution in [0.3, 0.4) is 0 Å². The lowest BCUT2D eigenvalue weighted by Crippen LogP contribution is -2.48. The molecule has 0 amide bonds. The van der Waals surface area contributed by atoms with Gasteiger partial charge in [-0.3, -0.25) is 0 Å². The van der Waals surface area contributed by atoms with Crippen LogP contribution in [0.1, 0.15) is 19.3 Å². The standard InChI is InChI=1S/C9H12F4O/c10-6-1-7(8(6)11)14-4-5-2-9(12,13)3-5/h5-8H,1-4H2. The molecule has 82 valence electrons. The van der Waals surface area contributed by atoms with Crippen molar-refractivity contribution in [3.8, 4) is 0 Å². The predicted octanol–water partition coefficient (Wildman–Crippen LogP) is 2.50. The van der Waals surface area contributed by atoms with E-state index in [9.17, 15) is 17.6 Å². The van der Waals surface area contributed by atoms with Crippen LogP contribution in [0, 0.1) is 5.92 Å². The Bertz CT molecular complexity index is 213. The molecule has 3 atom stereocenters. The van der Waals surface area contributed by atoms with Gasteiger partial charge in [-0.05, 0) is 5.92 Å². The molecule has 2 saturated carbocycles. The van der Waals surface area contributed by atoms with E-state index in [-0.39, 0.29) is 31.8 Å². The minimum absolute atomic E-state index is 0.0598. The summed E-state index contributed by atoms with van der Waals surface area (Å²) < 4.78 is 54.7. The summed E-state index contributed by atoms with van der Waals surface area (Å²) in [6, 6.07) is 0. The average Bonchev–Trinajstić information content (AvgIpc) is 2.07. The van der Waals surface area contributed by atoms with E-state index in [1.165, 1.54) is 0 Å². The maximum Gasteiger partial charge on any atom is 0.248 e. The number of rotatable bonds is 3. The van der Waals surface area contributed by atoms with Crippen LogP contribution >= 0.6 is 0 Å². The quantitative estimate of drug-likeness (QED) is 0.653. The van der Waals surface area contributed by atoms with E-state index in [0.29, 0.717) is 0 Å². The third kappa shape index (κ3) is 1.87. The molecule has 0 aromatic carbocycles. The SMILES string of the molecule is FC1CC(OCC2CC(F)(F)C2)C1F. The third-order valence-electron chi connectivity index (χ3n) is 2.88. The molecule has 0 bridgehead atoms. The largest absolute Gasteiger partial charge is 0.375 e. The topological polar surface area (TPSA) is 9.23 Å². The number of ether oxygens (including phenoxy) is 1. The second-order valence-corrected chi connectivity index (χ2v) is 4.20. The molecule has 0 heterocycles. The van der Waals surface area contributed by atoms with E-state index < -0.39 is 24.4 Å². The van der Waals surface area contributed by atoms with E-state index in [1.54, 1.807) is 0 Å². The van der Waals surface area contributed by atoms with E-state index >= 15 is 0 Å². The van der Waals surface area contributed by atoms with E-state index in [4.69, 9.17) is 4.74 Å². The summed E-state index contributed by atoms with van der Waals surface area (Å²) >= 11 is 0. The highest BCUT2D eigenvalue weighted by Crippen LogP contribution is 2.43. The first-order chi connectivity index (χ1) is 6.48. The van der Waals surface area contributed by atoms with Crippen LogP contribution in [0.4, 0.5) is 17.6 Å². The van der Waals surface area contributed by atoms with E-state index in [2.05, 4.69) is 0 Å². The molecule has 2 aliphatic rings. The van der Waals surface area contributed by atoms with Crippen LogP contribution in [-0.4, -0.2) is 31.0 Å². The summed E-state index contributed by atoms with van der Waals surface area (Å²) in [6.45, 7) is 0.132. The van der Waals surface area contributed by atoms with Gasteiger partial charge in [0.15, 0.2) is 6.17 Å². The first-order valence-electron chi connectivity index (χ1n) is 4.75. The second kappa shape index (κ2) is 3.36. The summed E-state index contributed by atoms with van der Waals surface area (Å²) in [5, 5.41) is 0. The van der Waals surface area contributed by atoms with Crippen molar-refractivity contribution in [3.05, 3.63) is 0 Å². The molecule has 3 unspecified atom stereocenters. The zero-order chi connectivity index (χ0) is 10.3. The van der Waals surface area contributed by atoms with Crippen molar-refractivity contribution in [1.82, 2.24) is 0 Å². The summed E-state index contributed by atoms with van der Waals surface area (Å²) in [4.78, 5) is 0. The Morgan fingerprint density at radius 2 is 1.86 bits per heavy atom. The zero-order valence-corrected chi connectivity index (χ0v) is 7.56. The van der Waals surface area contributed by atoms with Crippen LogP contribution in [0.15, 0.2) is 0 Å². The molecular weight excluding hydrogens is 200 g/mol. The van der Waals surface area contributed by atoms with Crippen molar-refractivity contribution in [3.63, 3.8) is 0 Å². The Labute approximate surface area is 79.4 Å². The van der Waals surface area contributed by atoms with Crippen molar-refractivity contribution in [1.29, 1.82) is 0 Å². The highest BCUT2D eigenvalue weighted by atomic mass is 19.3. The first kappa shape index (κ1) is 10.2. The third-order valence-corrected chi connectivity index (χ3v) is 2.88. The predicted molar refractivity (Wildman–Crippen MR) is 41.8 cm³/mol. The van der Waals surface area contributed by atoms with Gasteiger partial charge in [0.25, 0.3) is 0 Å². The van der Waals surface area contributed by atoms with Crippen molar-refractivity contribution < 1.29 is 22.3 Å².